The van der Waals surface area contributed by atoms with Gasteiger partial charge < -0.3 is 15.8 Å². The van der Waals surface area contributed by atoms with Crippen LogP contribution < -0.4 is 11.1 Å². The van der Waals surface area contributed by atoms with Crippen molar-refractivity contribution in [2.24, 2.45) is 23.5 Å². The molecule has 4 bridgehead atoms. The number of nitrogens with zero attached hydrogens (tertiary/aromatic N) is 3. The number of hydrogen-bond acceptors (Lipinski definition) is 8. The molecule has 2 aromatic heterocycles. The van der Waals surface area contributed by atoms with Gasteiger partial charge in [-0.05, 0) is 68.8 Å². The molecule has 2 heterocycles. The fraction of sp³-hybridized carbons (Fsp3) is 0.545. The average Bonchev–Trinajstić information content (AvgIpc) is 3.35. The number of esters is 1. The van der Waals surface area contributed by atoms with Crippen LogP contribution in [0.4, 0.5) is 10.7 Å². The van der Waals surface area contributed by atoms with E-state index in [0.717, 1.165) is 30.6 Å². The number of carbonyl (C=O) groups excluding carboxylic acids is 3. The second kappa shape index (κ2) is 7.90. The maximum Gasteiger partial charge on any atom is 0.341 e. The van der Waals surface area contributed by atoms with E-state index in [1.807, 2.05) is 0 Å². The largest absolute Gasteiger partial charge is 0.465 e. The predicted molar refractivity (Wildman–Crippen MR) is 122 cm³/mol. The Kier molecular flexibility index (Phi) is 5.23. The van der Waals surface area contributed by atoms with Gasteiger partial charge in [-0.3, -0.25) is 24.4 Å². The summed E-state index contributed by atoms with van der Waals surface area (Å²) in [5, 5.41) is 18.8. The summed E-state index contributed by atoms with van der Waals surface area (Å²) in [6.07, 6.45) is 7.72. The molecule has 4 fully saturated rings. The Labute approximate surface area is 198 Å². The maximum absolute atomic E-state index is 13.2. The molecule has 0 radical (unpaired) electrons. The SMILES string of the molecule is COC(=O)c1c(NC(=O)c2nn(C34CC5CC(CC(C5)C3)C4)cc2[N+](=O)[O-])sc(C(N)=O)c1C. The summed E-state index contributed by atoms with van der Waals surface area (Å²) in [5.41, 5.74) is 4.63. The molecule has 0 aliphatic heterocycles. The number of nitrogens with one attached hydrogen (secondary N) is 1. The van der Waals surface area contributed by atoms with Crippen LogP contribution >= 0.6 is 11.3 Å². The van der Waals surface area contributed by atoms with Crippen molar-refractivity contribution in [3.63, 3.8) is 0 Å². The lowest BCUT2D eigenvalue weighted by Crippen LogP contribution is -2.52. The van der Waals surface area contributed by atoms with Gasteiger partial charge in [-0.1, -0.05) is 0 Å². The molecule has 0 unspecified atom stereocenters. The van der Waals surface area contributed by atoms with Crippen LogP contribution in [0.15, 0.2) is 6.20 Å². The summed E-state index contributed by atoms with van der Waals surface area (Å²) in [4.78, 5) is 48.5. The number of amides is 2. The first-order valence-corrected chi connectivity index (χ1v) is 12.0. The molecule has 4 saturated carbocycles. The monoisotopic (exact) mass is 487 g/mol. The fourth-order valence-electron chi connectivity index (χ4n) is 6.60. The van der Waals surface area contributed by atoms with Gasteiger partial charge in [-0.25, -0.2) is 4.79 Å². The molecule has 4 aliphatic carbocycles. The third-order valence-corrected chi connectivity index (χ3v) is 8.81. The summed E-state index contributed by atoms with van der Waals surface area (Å²) < 4.78 is 6.43. The Balaban J connectivity index is 1.51. The second-order valence-electron chi connectivity index (χ2n) is 9.78. The number of anilines is 1. The van der Waals surface area contributed by atoms with E-state index >= 15 is 0 Å². The van der Waals surface area contributed by atoms with Gasteiger partial charge in [0.25, 0.3) is 11.8 Å². The van der Waals surface area contributed by atoms with Crippen LogP contribution in [0.5, 0.6) is 0 Å². The van der Waals surface area contributed by atoms with Gasteiger partial charge in [0.2, 0.25) is 5.69 Å². The van der Waals surface area contributed by atoms with Crippen LogP contribution in [0.2, 0.25) is 0 Å². The predicted octanol–water partition coefficient (Wildman–Crippen LogP) is 3.22. The first kappa shape index (κ1) is 22.5. The zero-order valence-electron chi connectivity index (χ0n) is 18.8. The number of carbonyl (C=O) groups is 3. The number of hydrogen-bond donors (Lipinski definition) is 2. The highest BCUT2D eigenvalue weighted by Gasteiger charge is 2.53. The number of aromatic nitrogens is 2. The highest BCUT2D eigenvalue weighted by Crippen LogP contribution is 2.58. The summed E-state index contributed by atoms with van der Waals surface area (Å²) in [6, 6.07) is 0. The summed E-state index contributed by atoms with van der Waals surface area (Å²) >= 11 is 0.818. The van der Waals surface area contributed by atoms with E-state index in [0.29, 0.717) is 17.8 Å². The standard InChI is InChI=1S/C22H25N5O6S/c1-10-15(21(30)33-2)20(34-17(10)18(23)28)24-19(29)16-14(27(31)32)9-26(25-16)22-6-11-3-12(7-22)5-13(4-11)8-22/h9,11-13H,3-8H2,1-2H3,(H2,23,28)(H,24,29). The molecule has 34 heavy (non-hydrogen) atoms. The Morgan fingerprint density at radius 1 is 1.24 bits per heavy atom. The lowest BCUT2D eigenvalue weighted by atomic mass is 9.53. The molecule has 11 nitrogen and oxygen atoms in total. The number of primary amides is 1. The third kappa shape index (κ3) is 3.47. The van der Waals surface area contributed by atoms with Crippen LogP contribution in [0.3, 0.4) is 0 Å². The van der Waals surface area contributed by atoms with Crippen molar-refractivity contribution in [1.82, 2.24) is 9.78 Å². The third-order valence-electron chi connectivity index (χ3n) is 7.59. The molecule has 2 aromatic rings. The Bertz CT molecular complexity index is 1200. The number of methoxy groups -OCH3 is 1. The van der Waals surface area contributed by atoms with Crippen LogP contribution in [0, 0.1) is 34.8 Å². The van der Waals surface area contributed by atoms with Gasteiger partial charge in [0.05, 0.1) is 28.0 Å². The second-order valence-corrected chi connectivity index (χ2v) is 10.8. The van der Waals surface area contributed by atoms with Crippen LogP contribution in [-0.2, 0) is 10.3 Å². The van der Waals surface area contributed by atoms with Crippen LogP contribution in [-0.4, -0.2) is 39.6 Å². The Morgan fingerprint density at radius 3 is 2.32 bits per heavy atom. The van der Waals surface area contributed by atoms with Gasteiger partial charge >= 0.3 is 11.7 Å². The maximum atomic E-state index is 13.2. The van der Waals surface area contributed by atoms with Gasteiger partial charge in [-0.15, -0.1) is 11.3 Å². The van der Waals surface area contributed by atoms with E-state index in [1.165, 1.54) is 39.5 Å². The molecule has 2 amide bonds. The minimum atomic E-state index is -0.836. The van der Waals surface area contributed by atoms with Gasteiger partial charge in [0.1, 0.15) is 11.2 Å². The van der Waals surface area contributed by atoms with Crippen molar-refractivity contribution < 1.29 is 24.0 Å². The molecule has 0 spiro atoms. The van der Waals surface area contributed by atoms with Crippen LogP contribution in [0.25, 0.3) is 0 Å². The van der Waals surface area contributed by atoms with E-state index < -0.39 is 28.4 Å². The number of nitrogens with two attached hydrogens (primary N) is 1. The minimum absolute atomic E-state index is 0.0159. The minimum Gasteiger partial charge on any atom is -0.465 e. The van der Waals surface area contributed by atoms with Crippen molar-refractivity contribution in [2.75, 3.05) is 12.4 Å². The van der Waals surface area contributed by atoms with E-state index in [4.69, 9.17) is 10.5 Å². The summed E-state index contributed by atoms with van der Waals surface area (Å²) in [7, 11) is 1.17. The molecule has 180 valence electrons. The molecular formula is C22H25N5O6S. The molecule has 6 rings (SSSR count). The van der Waals surface area contributed by atoms with Crippen molar-refractivity contribution >= 4 is 39.8 Å². The number of thiophene rings is 1. The Morgan fingerprint density at radius 2 is 1.82 bits per heavy atom. The molecule has 3 N–H and O–H groups in total. The smallest absolute Gasteiger partial charge is 0.341 e. The first-order chi connectivity index (χ1) is 16.1. The van der Waals surface area contributed by atoms with E-state index in [9.17, 15) is 24.5 Å². The number of nitro groups is 1. The highest BCUT2D eigenvalue weighted by molar-refractivity contribution is 7.18. The molecule has 4 aliphatic rings. The molecule has 0 saturated heterocycles. The number of ether oxygens (including phenoxy) is 1. The lowest BCUT2D eigenvalue weighted by molar-refractivity contribution is -0.385. The quantitative estimate of drug-likeness (QED) is 0.359. The molecule has 12 heteroatoms. The van der Waals surface area contributed by atoms with Gasteiger partial charge in [0.15, 0.2) is 0 Å². The summed E-state index contributed by atoms with van der Waals surface area (Å²) in [6.45, 7) is 1.52. The van der Waals surface area contributed by atoms with Crippen molar-refractivity contribution in [3.8, 4) is 0 Å². The fourth-order valence-corrected chi connectivity index (χ4v) is 7.64. The first-order valence-electron chi connectivity index (χ1n) is 11.2. The lowest BCUT2D eigenvalue weighted by Gasteiger charge is -2.56. The van der Waals surface area contributed by atoms with Gasteiger partial charge in [-0.2, -0.15) is 5.10 Å². The highest BCUT2D eigenvalue weighted by atomic mass is 32.1. The molecular weight excluding hydrogens is 462 g/mol. The van der Waals surface area contributed by atoms with Gasteiger partial charge in [0, 0.05) is 0 Å². The zero-order chi connectivity index (χ0) is 24.4. The topological polar surface area (TPSA) is 159 Å². The van der Waals surface area contributed by atoms with Crippen molar-refractivity contribution in [1.29, 1.82) is 0 Å². The summed E-state index contributed by atoms with van der Waals surface area (Å²) in [5.74, 6) is -0.574. The number of rotatable bonds is 6. The van der Waals surface area contributed by atoms with Crippen LogP contribution in [0.1, 0.15) is 74.6 Å². The van der Waals surface area contributed by atoms with Crippen molar-refractivity contribution in [2.45, 2.75) is 51.0 Å². The molecule has 0 atom stereocenters. The average molecular weight is 488 g/mol. The molecule has 0 aromatic carbocycles. The normalized spacial score (nSPS) is 26.9. The Hall–Kier alpha value is -3.28. The van der Waals surface area contributed by atoms with E-state index in [2.05, 4.69) is 10.4 Å². The van der Waals surface area contributed by atoms with E-state index in [1.54, 1.807) is 4.68 Å². The van der Waals surface area contributed by atoms with Crippen molar-refractivity contribution in [3.05, 3.63) is 38.0 Å². The van der Waals surface area contributed by atoms with E-state index in [-0.39, 0.29) is 32.2 Å². The zero-order valence-corrected chi connectivity index (χ0v) is 19.6.